The molecule has 3 aromatic heterocycles. The normalized spacial score (nSPS) is 10.8. The van der Waals surface area contributed by atoms with Crippen LogP contribution in [0.1, 0.15) is 33.4 Å². The Bertz CT molecular complexity index is 2670. The molecule has 9 aromatic rings. The van der Waals surface area contributed by atoms with Gasteiger partial charge in [-0.25, -0.2) is 9.13 Å². The highest BCUT2D eigenvalue weighted by molar-refractivity contribution is 5.75. The van der Waals surface area contributed by atoms with Crippen LogP contribution in [0.3, 0.4) is 0 Å². The van der Waals surface area contributed by atoms with Crippen LogP contribution in [-0.4, -0.2) is 14.1 Å². The Morgan fingerprint density at radius 3 is 1.17 bits per heavy atom. The third kappa shape index (κ3) is 6.91. The van der Waals surface area contributed by atoms with Gasteiger partial charge < -0.3 is 0 Å². The number of aromatic nitrogens is 5. The Hall–Kier alpha value is -7.47. The molecule has 0 amide bonds. The van der Waals surface area contributed by atoms with Crippen molar-refractivity contribution in [1.29, 1.82) is 0 Å². The van der Waals surface area contributed by atoms with Crippen molar-refractivity contribution in [3.8, 4) is 35.3 Å². The van der Waals surface area contributed by atoms with Crippen molar-refractivity contribution in [3.05, 3.63) is 222 Å². The molecular weight excluding hydrogens is 659 g/mol. The quantitative estimate of drug-likeness (QED) is 0.127. The predicted molar refractivity (Wildman–Crippen MR) is 214 cm³/mol. The Balaban J connectivity index is 0.989. The summed E-state index contributed by atoms with van der Waals surface area (Å²) in [5.41, 5.74) is 10.9. The average molecular weight is 694 g/mol. The van der Waals surface area contributed by atoms with Crippen LogP contribution in [0.5, 0.6) is 0 Å². The van der Waals surface area contributed by atoms with Crippen molar-refractivity contribution in [3.63, 3.8) is 0 Å². The van der Waals surface area contributed by atoms with E-state index in [9.17, 15) is 0 Å². The van der Waals surface area contributed by atoms with Crippen molar-refractivity contribution in [2.24, 2.45) is 0 Å². The first-order valence-corrected chi connectivity index (χ1v) is 18.0. The maximum atomic E-state index is 5.24. The predicted octanol–water partition coefficient (Wildman–Crippen LogP) is 8.44. The Morgan fingerprint density at radius 2 is 0.741 bits per heavy atom. The van der Waals surface area contributed by atoms with E-state index in [1.54, 1.807) is 0 Å². The summed E-state index contributed by atoms with van der Waals surface area (Å²) in [4.78, 5) is 5.24. The van der Waals surface area contributed by atoms with Crippen molar-refractivity contribution in [1.82, 2.24) is 14.1 Å². The third-order valence-electron chi connectivity index (χ3n) is 9.49. The molecule has 0 radical (unpaired) electrons. The lowest BCUT2D eigenvalue weighted by atomic mass is 10.1. The van der Waals surface area contributed by atoms with Gasteiger partial charge in [-0.05, 0) is 83.9 Å². The molecule has 3 heterocycles. The molecule has 0 N–H and O–H groups in total. The zero-order valence-electron chi connectivity index (χ0n) is 29.5. The summed E-state index contributed by atoms with van der Waals surface area (Å²) in [5.74, 6) is 14.8. The van der Waals surface area contributed by atoms with Gasteiger partial charge in [0.2, 0.25) is 11.6 Å². The standard InChI is InChI=1S/C49H35N5/c1-3-12-38(13-4-1)22-24-40-26-30-42(31-27-40)34-51-36-53(46-18-9-7-16-44(46)51)48-20-11-21-49(50-48)54-37-52(45-17-8-10-19-47(45)54)35-43-32-28-41(29-33-43)25-23-39-14-5-2-6-15-39/h1-21,26-33,36-37H,34-35H2/q+2. The van der Waals surface area contributed by atoms with Crippen LogP contribution in [0.2, 0.25) is 0 Å². The van der Waals surface area contributed by atoms with Gasteiger partial charge in [-0.15, -0.1) is 0 Å². The molecule has 254 valence electrons. The largest absolute Gasteiger partial charge is 0.251 e. The molecule has 0 unspecified atom stereocenters. The number of benzene rings is 6. The molecule has 0 saturated carbocycles. The number of rotatable bonds is 6. The maximum Gasteiger partial charge on any atom is 0.251 e. The van der Waals surface area contributed by atoms with Crippen LogP contribution in [-0.2, 0) is 13.1 Å². The number of imidazole rings is 2. The third-order valence-corrected chi connectivity index (χ3v) is 9.49. The average Bonchev–Trinajstić information content (AvgIpc) is 3.79. The van der Waals surface area contributed by atoms with E-state index in [1.807, 2.05) is 60.7 Å². The first-order valence-electron chi connectivity index (χ1n) is 18.0. The molecule has 0 bridgehead atoms. The zero-order chi connectivity index (χ0) is 36.1. The molecule has 0 atom stereocenters. The van der Waals surface area contributed by atoms with E-state index in [4.69, 9.17) is 4.98 Å². The molecule has 9 rings (SSSR count). The summed E-state index contributed by atoms with van der Waals surface area (Å²) in [7, 11) is 0. The number of nitrogens with zero attached hydrogens (tertiary/aromatic N) is 5. The van der Waals surface area contributed by atoms with Gasteiger partial charge in [0.05, 0.1) is 0 Å². The molecule has 0 saturated heterocycles. The molecule has 54 heavy (non-hydrogen) atoms. The van der Waals surface area contributed by atoms with E-state index in [-0.39, 0.29) is 0 Å². The monoisotopic (exact) mass is 693 g/mol. The summed E-state index contributed by atoms with van der Waals surface area (Å²) >= 11 is 0. The summed E-state index contributed by atoms with van der Waals surface area (Å²) in [5, 5.41) is 0. The first-order chi connectivity index (χ1) is 26.7. The topological polar surface area (TPSA) is 30.5 Å². The SMILES string of the molecule is C(#Cc1ccc(C[n+]2cn(-c3cccc(-n4c[n+](Cc5ccc(C#Cc6ccccc6)cc5)c5ccccc54)n3)c3ccccc32)cc1)c1ccccc1. The molecular formula is C49H35N5+2. The van der Waals surface area contributed by atoms with Gasteiger partial charge in [0.1, 0.15) is 13.1 Å². The lowest BCUT2D eigenvalue weighted by molar-refractivity contribution is -0.663. The van der Waals surface area contributed by atoms with E-state index >= 15 is 0 Å². The molecule has 0 spiro atoms. The first kappa shape index (κ1) is 32.4. The van der Waals surface area contributed by atoms with Crippen LogP contribution >= 0.6 is 0 Å². The van der Waals surface area contributed by atoms with Crippen molar-refractivity contribution >= 4 is 22.1 Å². The van der Waals surface area contributed by atoms with Gasteiger partial charge in [-0.1, -0.05) is 115 Å². The second-order valence-corrected chi connectivity index (χ2v) is 13.2. The van der Waals surface area contributed by atoms with Gasteiger partial charge in [-0.3, -0.25) is 0 Å². The highest BCUT2D eigenvalue weighted by Gasteiger charge is 2.22. The second kappa shape index (κ2) is 14.6. The molecule has 0 aliphatic carbocycles. The highest BCUT2D eigenvalue weighted by atomic mass is 15.2. The van der Waals surface area contributed by atoms with Crippen LogP contribution < -0.4 is 9.13 Å². The molecule has 5 nitrogen and oxygen atoms in total. The smallest absolute Gasteiger partial charge is 0.225 e. The Morgan fingerprint density at radius 1 is 0.370 bits per heavy atom. The fraction of sp³-hybridized carbons (Fsp3) is 0.0408. The minimum absolute atomic E-state index is 0.725. The fourth-order valence-electron chi connectivity index (χ4n) is 6.76. The van der Waals surface area contributed by atoms with E-state index in [1.165, 1.54) is 11.1 Å². The molecule has 0 aliphatic heterocycles. The van der Waals surface area contributed by atoms with Gasteiger partial charge in [0, 0.05) is 34.4 Å². The number of hydrogen-bond donors (Lipinski definition) is 0. The number of pyridine rings is 1. The summed E-state index contributed by atoms with van der Waals surface area (Å²) in [6.07, 6.45) is 4.31. The minimum Gasteiger partial charge on any atom is -0.225 e. The van der Waals surface area contributed by atoms with Gasteiger partial charge >= 0.3 is 0 Å². The van der Waals surface area contributed by atoms with E-state index < -0.39 is 0 Å². The molecule has 0 aliphatic rings. The highest BCUT2D eigenvalue weighted by Crippen LogP contribution is 2.21. The van der Waals surface area contributed by atoms with Crippen LogP contribution in [0, 0.1) is 23.7 Å². The Kier molecular flexibility index (Phi) is 8.79. The van der Waals surface area contributed by atoms with Crippen LogP contribution in [0.4, 0.5) is 0 Å². The van der Waals surface area contributed by atoms with Crippen molar-refractivity contribution in [2.45, 2.75) is 13.1 Å². The van der Waals surface area contributed by atoms with Crippen molar-refractivity contribution < 1.29 is 9.13 Å². The number of hydrogen-bond acceptors (Lipinski definition) is 1. The van der Waals surface area contributed by atoms with E-state index in [2.05, 4.69) is 170 Å². The van der Waals surface area contributed by atoms with Crippen LogP contribution in [0.15, 0.2) is 189 Å². The van der Waals surface area contributed by atoms with Gasteiger partial charge in [0.15, 0.2) is 22.1 Å². The fourth-order valence-corrected chi connectivity index (χ4v) is 6.76. The van der Waals surface area contributed by atoms with Crippen molar-refractivity contribution in [2.75, 3.05) is 0 Å². The zero-order valence-corrected chi connectivity index (χ0v) is 29.5. The lowest BCUT2D eigenvalue weighted by Crippen LogP contribution is -2.32. The maximum absolute atomic E-state index is 5.24. The summed E-state index contributed by atoms with van der Waals surface area (Å²) in [6, 6.07) is 60.4. The van der Waals surface area contributed by atoms with Gasteiger partial charge in [0.25, 0.3) is 12.7 Å². The number of para-hydroxylation sites is 4. The number of fused-ring (bicyclic) bond motifs is 2. The molecule has 0 fully saturated rings. The second-order valence-electron chi connectivity index (χ2n) is 13.2. The molecule has 5 heteroatoms. The van der Waals surface area contributed by atoms with E-state index in [0.29, 0.717) is 0 Å². The van der Waals surface area contributed by atoms with Gasteiger partial charge in [-0.2, -0.15) is 14.1 Å². The summed E-state index contributed by atoms with van der Waals surface area (Å²) in [6.45, 7) is 1.45. The molecule has 6 aromatic carbocycles. The Labute approximate surface area is 314 Å². The minimum atomic E-state index is 0.725. The van der Waals surface area contributed by atoms with E-state index in [0.717, 1.165) is 69.0 Å². The lowest BCUT2D eigenvalue weighted by Gasteiger charge is -2.00. The summed E-state index contributed by atoms with van der Waals surface area (Å²) < 4.78 is 8.93. The van der Waals surface area contributed by atoms with Crippen LogP contribution in [0.25, 0.3) is 33.7 Å².